The second kappa shape index (κ2) is 7.89. The van der Waals surface area contributed by atoms with Crippen molar-refractivity contribution < 1.29 is 14.4 Å². The van der Waals surface area contributed by atoms with E-state index in [0.717, 1.165) is 35.1 Å². The van der Waals surface area contributed by atoms with Crippen LogP contribution >= 0.6 is 23.4 Å². The molecule has 0 atom stereocenters. The number of carbonyl (C=O) groups is 3. The number of carbonyl (C=O) groups excluding carboxylic acids is 3. The van der Waals surface area contributed by atoms with E-state index in [9.17, 15) is 14.4 Å². The average molecular weight is 377 g/mol. The number of likely N-dealkylation sites (tertiary alicyclic amines) is 1. The topological polar surface area (TPSA) is 57.7 Å². The Kier molecular flexibility index (Phi) is 5.60. The molecule has 2 aliphatic rings. The largest absolute Gasteiger partial charge is 0.341 e. The van der Waals surface area contributed by atoms with Crippen molar-refractivity contribution in [2.24, 2.45) is 0 Å². The van der Waals surface area contributed by atoms with Gasteiger partial charge in [-0.3, -0.25) is 19.3 Å². The summed E-state index contributed by atoms with van der Waals surface area (Å²) in [5.41, 5.74) is 0.823. The average Bonchev–Trinajstić information content (AvgIpc) is 3.21. The number of allylic oxidation sites excluding steroid dienone is 2. The van der Waals surface area contributed by atoms with Gasteiger partial charge in [0.15, 0.2) is 0 Å². The third kappa shape index (κ3) is 4.14. The summed E-state index contributed by atoms with van der Waals surface area (Å²) < 4.78 is 0. The summed E-state index contributed by atoms with van der Waals surface area (Å²) in [5, 5.41) is 0.200. The molecule has 7 heteroatoms. The van der Waals surface area contributed by atoms with Crippen LogP contribution in [-0.4, -0.2) is 46.5 Å². The van der Waals surface area contributed by atoms with Crippen LogP contribution in [0.5, 0.6) is 0 Å². The lowest BCUT2D eigenvalue weighted by atomic mass is 10.2. The standard InChI is InChI=1S/C18H17ClN2O3S/c19-14-8-2-1-6-13(14)7-5-9-15-17(23)21(18(24)25-15)12-16(22)20-10-3-4-11-20/h1-2,5-9H,3-4,10-12H2/b7-5+,15-9-. The number of hydrogen-bond donors (Lipinski definition) is 0. The van der Waals surface area contributed by atoms with Crippen LogP contribution in [-0.2, 0) is 9.59 Å². The molecule has 0 unspecified atom stereocenters. The van der Waals surface area contributed by atoms with Gasteiger partial charge in [-0.05, 0) is 42.3 Å². The molecule has 1 aromatic carbocycles. The van der Waals surface area contributed by atoms with Crippen molar-refractivity contribution in [1.82, 2.24) is 9.80 Å². The predicted octanol–water partition coefficient (Wildman–Crippen LogP) is 3.55. The second-order valence-corrected chi connectivity index (χ2v) is 7.16. The Balaban J connectivity index is 1.66. The van der Waals surface area contributed by atoms with Crippen LogP contribution in [0.15, 0.2) is 41.3 Å². The smallest absolute Gasteiger partial charge is 0.294 e. The van der Waals surface area contributed by atoms with Gasteiger partial charge in [0, 0.05) is 18.1 Å². The van der Waals surface area contributed by atoms with Gasteiger partial charge in [-0.1, -0.05) is 42.0 Å². The minimum absolute atomic E-state index is 0.173. The molecule has 0 radical (unpaired) electrons. The molecule has 0 saturated carbocycles. The van der Waals surface area contributed by atoms with Crippen LogP contribution in [0.1, 0.15) is 18.4 Å². The first kappa shape index (κ1) is 17.8. The number of nitrogens with zero attached hydrogens (tertiary/aromatic N) is 2. The lowest BCUT2D eigenvalue weighted by Gasteiger charge is -2.18. The Morgan fingerprint density at radius 2 is 1.92 bits per heavy atom. The Hall–Kier alpha value is -2.05. The molecule has 3 rings (SSSR count). The fraction of sp³-hybridized carbons (Fsp3) is 0.278. The highest BCUT2D eigenvalue weighted by molar-refractivity contribution is 8.18. The number of benzene rings is 1. The summed E-state index contributed by atoms with van der Waals surface area (Å²) in [5.74, 6) is -0.598. The fourth-order valence-corrected chi connectivity index (χ4v) is 3.69. The van der Waals surface area contributed by atoms with Gasteiger partial charge in [-0.25, -0.2) is 0 Å². The zero-order valence-corrected chi connectivity index (χ0v) is 15.1. The van der Waals surface area contributed by atoms with Crippen LogP contribution in [0.4, 0.5) is 4.79 Å². The first-order chi connectivity index (χ1) is 12.1. The number of imide groups is 1. The van der Waals surface area contributed by atoms with Crippen molar-refractivity contribution in [3.05, 3.63) is 51.9 Å². The maximum absolute atomic E-state index is 12.4. The molecule has 2 saturated heterocycles. The molecule has 2 heterocycles. The molecular weight excluding hydrogens is 360 g/mol. The van der Waals surface area contributed by atoms with Crippen molar-refractivity contribution in [2.45, 2.75) is 12.8 Å². The van der Waals surface area contributed by atoms with E-state index in [1.807, 2.05) is 18.2 Å². The van der Waals surface area contributed by atoms with Crippen molar-refractivity contribution in [3.8, 4) is 0 Å². The third-order valence-corrected chi connectivity index (χ3v) is 5.32. The molecule has 0 bridgehead atoms. The van der Waals surface area contributed by atoms with E-state index < -0.39 is 11.1 Å². The molecule has 0 spiro atoms. The first-order valence-electron chi connectivity index (χ1n) is 8.00. The third-order valence-electron chi connectivity index (χ3n) is 4.05. The van der Waals surface area contributed by atoms with Gasteiger partial charge in [0.05, 0.1) is 4.91 Å². The van der Waals surface area contributed by atoms with E-state index in [1.165, 1.54) is 0 Å². The van der Waals surface area contributed by atoms with Gasteiger partial charge in [0.25, 0.3) is 11.1 Å². The van der Waals surface area contributed by atoms with E-state index in [2.05, 4.69) is 0 Å². The lowest BCUT2D eigenvalue weighted by Crippen LogP contribution is -2.40. The van der Waals surface area contributed by atoms with Crippen molar-refractivity contribution >= 4 is 46.5 Å². The highest BCUT2D eigenvalue weighted by Gasteiger charge is 2.37. The molecular formula is C18H17ClN2O3S. The van der Waals surface area contributed by atoms with E-state index in [0.29, 0.717) is 23.0 Å². The lowest BCUT2D eigenvalue weighted by molar-refractivity contribution is -0.135. The summed E-state index contributed by atoms with van der Waals surface area (Å²) in [7, 11) is 0. The van der Waals surface area contributed by atoms with Crippen molar-refractivity contribution in [3.63, 3.8) is 0 Å². The Morgan fingerprint density at radius 1 is 1.20 bits per heavy atom. The molecule has 0 N–H and O–H groups in total. The summed E-state index contributed by atoms with van der Waals surface area (Å²) in [6, 6.07) is 7.33. The minimum Gasteiger partial charge on any atom is -0.341 e. The Labute approximate surface area is 155 Å². The predicted molar refractivity (Wildman–Crippen MR) is 99.1 cm³/mol. The molecule has 2 aliphatic heterocycles. The fourth-order valence-electron chi connectivity index (χ4n) is 2.70. The minimum atomic E-state index is -0.425. The van der Waals surface area contributed by atoms with Gasteiger partial charge in [0.2, 0.25) is 5.91 Å². The van der Waals surface area contributed by atoms with Gasteiger partial charge in [-0.2, -0.15) is 0 Å². The number of thioether (sulfide) groups is 1. The van der Waals surface area contributed by atoms with E-state index >= 15 is 0 Å². The van der Waals surface area contributed by atoms with Crippen LogP contribution < -0.4 is 0 Å². The molecule has 130 valence electrons. The molecule has 0 aromatic heterocycles. The number of amides is 3. The van der Waals surface area contributed by atoms with Gasteiger partial charge in [0.1, 0.15) is 6.54 Å². The van der Waals surface area contributed by atoms with Gasteiger partial charge in [-0.15, -0.1) is 0 Å². The maximum atomic E-state index is 12.4. The Bertz CT molecular complexity index is 769. The zero-order chi connectivity index (χ0) is 17.8. The summed E-state index contributed by atoms with van der Waals surface area (Å²) in [4.78, 5) is 39.6. The Morgan fingerprint density at radius 3 is 2.64 bits per heavy atom. The van der Waals surface area contributed by atoms with Crippen LogP contribution in [0, 0.1) is 0 Å². The van der Waals surface area contributed by atoms with Gasteiger partial charge < -0.3 is 4.90 Å². The molecule has 3 amide bonds. The zero-order valence-electron chi connectivity index (χ0n) is 13.5. The first-order valence-corrected chi connectivity index (χ1v) is 9.20. The molecule has 2 fully saturated rings. The molecule has 1 aromatic rings. The normalized spacial score (nSPS) is 19.6. The van der Waals surface area contributed by atoms with Crippen molar-refractivity contribution in [2.75, 3.05) is 19.6 Å². The van der Waals surface area contributed by atoms with E-state index in [1.54, 1.807) is 29.2 Å². The van der Waals surface area contributed by atoms with E-state index in [-0.39, 0.29) is 12.5 Å². The number of halogens is 1. The molecule has 5 nitrogen and oxygen atoms in total. The SMILES string of the molecule is O=C(CN1C(=O)S/C(=C\C=C\c2ccccc2Cl)C1=O)N1CCCC1. The van der Waals surface area contributed by atoms with Crippen LogP contribution in [0.2, 0.25) is 5.02 Å². The van der Waals surface area contributed by atoms with Gasteiger partial charge >= 0.3 is 0 Å². The molecule has 0 aliphatic carbocycles. The van der Waals surface area contributed by atoms with E-state index in [4.69, 9.17) is 11.6 Å². The van der Waals surface area contributed by atoms with Crippen LogP contribution in [0.3, 0.4) is 0 Å². The maximum Gasteiger partial charge on any atom is 0.294 e. The summed E-state index contributed by atoms with van der Waals surface area (Å²) in [6.45, 7) is 1.22. The monoisotopic (exact) mass is 376 g/mol. The van der Waals surface area contributed by atoms with Crippen LogP contribution in [0.25, 0.3) is 6.08 Å². The number of hydrogen-bond acceptors (Lipinski definition) is 4. The summed E-state index contributed by atoms with van der Waals surface area (Å²) >= 11 is 6.91. The molecule has 25 heavy (non-hydrogen) atoms. The second-order valence-electron chi connectivity index (χ2n) is 5.76. The highest BCUT2D eigenvalue weighted by atomic mass is 35.5. The van der Waals surface area contributed by atoms with Crippen molar-refractivity contribution in [1.29, 1.82) is 0 Å². The summed E-state index contributed by atoms with van der Waals surface area (Å²) in [6.07, 6.45) is 6.97. The quantitative estimate of drug-likeness (QED) is 0.754. The highest BCUT2D eigenvalue weighted by Crippen LogP contribution is 2.30. The number of rotatable bonds is 4.